The van der Waals surface area contributed by atoms with Crippen molar-refractivity contribution < 1.29 is 32.5 Å². The molecule has 0 N–H and O–H groups in total. The van der Waals surface area contributed by atoms with Crippen molar-refractivity contribution in [2.45, 2.75) is 51.8 Å². The maximum Gasteiger partial charge on any atom is 0.387 e. The second kappa shape index (κ2) is 11.2. The van der Waals surface area contributed by atoms with Crippen molar-refractivity contribution in [2.24, 2.45) is 5.92 Å². The summed E-state index contributed by atoms with van der Waals surface area (Å²) in [6.45, 7) is 3.96. The second-order valence-corrected chi connectivity index (χ2v) is 10.1. The zero-order valence-electron chi connectivity index (χ0n) is 21.9. The Hall–Kier alpha value is -3.24. The van der Waals surface area contributed by atoms with E-state index in [1.54, 1.807) is 12.3 Å². The Morgan fingerprint density at radius 3 is 2.71 bits per heavy atom. The van der Waals surface area contributed by atoms with Crippen LogP contribution in [0.3, 0.4) is 0 Å². The molecule has 0 spiro atoms. The average molecular weight is 530 g/mol. The first-order valence-corrected chi connectivity index (χ1v) is 13.0. The van der Waals surface area contributed by atoms with Crippen molar-refractivity contribution in [3.05, 3.63) is 42.2 Å². The van der Waals surface area contributed by atoms with E-state index in [1.165, 1.54) is 13.2 Å². The predicted octanol–water partition coefficient (Wildman–Crippen LogP) is 5.08. The highest BCUT2D eigenvalue weighted by molar-refractivity contribution is 6.02. The summed E-state index contributed by atoms with van der Waals surface area (Å²) < 4.78 is 50.4. The van der Waals surface area contributed by atoms with Gasteiger partial charge in [-0.05, 0) is 50.8 Å². The summed E-state index contributed by atoms with van der Waals surface area (Å²) >= 11 is 0. The van der Waals surface area contributed by atoms with Gasteiger partial charge in [-0.25, -0.2) is 4.98 Å². The number of Topliss-reactive ketones (excluding diaryl/α,β-unsaturated/α-hetero) is 1. The van der Waals surface area contributed by atoms with Gasteiger partial charge in [-0.3, -0.25) is 14.1 Å². The van der Waals surface area contributed by atoms with E-state index in [4.69, 9.17) is 18.9 Å². The second-order valence-electron chi connectivity index (χ2n) is 10.1. The number of carbonyl (C=O) groups excluding carboxylic acids is 1. The highest BCUT2D eigenvalue weighted by Crippen LogP contribution is 2.40. The van der Waals surface area contributed by atoms with Crippen LogP contribution in [0.2, 0.25) is 0 Å². The number of halogens is 2. The SMILES string of the molecule is COc1cc(-c2cnc3cc(OCC4COCCN4C(C)C)ccn23)cc(OC(F)F)c1C(=O)CC1CC1. The number of alkyl halides is 2. The van der Waals surface area contributed by atoms with Gasteiger partial charge in [0.2, 0.25) is 0 Å². The van der Waals surface area contributed by atoms with E-state index >= 15 is 0 Å². The van der Waals surface area contributed by atoms with Gasteiger partial charge in [0.1, 0.15) is 35.1 Å². The van der Waals surface area contributed by atoms with Crippen LogP contribution in [-0.2, 0) is 4.74 Å². The third kappa shape index (κ3) is 5.76. The molecule has 1 aliphatic heterocycles. The van der Waals surface area contributed by atoms with Gasteiger partial charge in [0, 0.05) is 36.8 Å². The summed E-state index contributed by atoms with van der Waals surface area (Å²) in [4.78, 5) is 19.8. The summed E-state index contributed by atoms with van der Waals surface area (Å²) in [5.74, 6) is 0.707. The number of hydrogen-bond acceptors (Lipinski definition) is 7. The Morgan fingerprint density at radius 2 is 2.00 bits per heavy atom. The Kier molecular flexibility index (Phi) is 7.80. The molecule has 0 radical (unpaired) electrons. The number of methoxy groups -OCH3 is 1. The van der Waals surface area contributed by atoms with Gasteiger partial charge in [0.05, 0.1) is 38.3 Å². The molecule has 1 aliphatic carbocycles. The molecule has 5 rings (SSSR count). The summed E-state index contributed by atoms with van der Waals surface area (Å²) in [6, 6.07) is 7.34. The van der Waals surface area contributed by atoms with Crippen LogP contribution in [0.15, 0.2) is 36.7 Å². The van der Waals surface area contributed by atoms with Gasteiger partial charge in [0.15, 0.2) is 5.78 Å². The number of rotatable bonds is 11. The topological polar surface area (TPSA) is 74.5 Å². The molecule has 204 valence electrons. The number of pyridine rings is 1. The van der Waals surface area contributed by atoms with Crippen LogP contribution in [0.1, 0.15) is 43.5 Å². The van der Waals surface area contributed by atoms with Crippen molar-refractivity contribution >= 4 is 11.4 Å². The monoisotopic (exact) mass is 529 g/mol. The van der Waals surface area contributed by atoms with Crippen LogP contribution in [0.4, 0.5) is 8.78 Å². The van der Waals surface area contributed by atoms with Crippen LogP contribution >= 0.6 is 0 Å². The van der Waals surface area contributed by atoms with Crippen molar-refractivity contribution in [3.63, 3.8) is 0 Å². The fourth-order valence-corrected chi connectivity index (χ4v) is 5.00. The molecule has 0 amide bonds. The molecule has 8 nitrogen and oxygen atoms in total. The maximum atomic E-state index is 13.3. The molecule has 2 aliphatic rings. The van der Waals surface area contributed by atoms with Crippen LogP contribution in [-0.4, -0.2) is 72.2 Å². The number of benzene rings is 1. The number of morpholine rings is 1. The van der Waals surface area contributed by atoms with E-state index < -0.39 is 6.61 Å². The van der Waals surface area contributed by atoms with Gasteiger partial charge in [-0.2, -0.15) is 8.78 Å². The highest BCUT2D eigenvalue weighted by atomic mass is 19.3. The van der Waals surface area contributed by atoms with E-state index in [-0.39, 0.29) is 35.3 Å². The van der Waals surface area contributed by atoms with E-state index in [1.807, 2.05) is 22.7 Å². The lowest BCUT2D eigenvalue weighted by molar-refractivity contribution is -0.0502. The molecule has 1 saturated carbocycles. The number of aromatic nitrogens is 2. The lowest BCUT2D eigenvalue weighted by Gasteiger charge is -2.38. The lowest BCUT2D eigenvalue weighted by atomic mass is 10.00. The first kappa shape index (κ1) is 26.4. The number of ether oxygens (including phenoxy) is 4. The molecule has 2 fully saturated rings. The van der Waals surface area contributed by atoms with Gasteiger partial charge in [-0.1, -0.05) is 0 Å². The highest BCUT2D eigenvalue weighted by Gasteiger charge is 2.30. The fourth-order valence-electron chi connectivity index (χ4n) is 5.00. The zero-order valence-corrected chi connectivity index (χ0v) is 21.9. The predicted molar refractivity (Wildman–Crippen MR) is 137 cm³/mol. The molecule has 1 saturated heterocycles. The largest absolute Gasteiger partial charge is 0.496 e. The van der Waals surface area contributed by atoms with Crippen molar-refractivity contribution in [3.8, 4) is 28.5 Å². The third-order valence-corrected chi connectivity index (χ3v) is 7.11. The normalized spacial score (nSPS) is 18.3. The molecule has 2 aromatic heterocycles. The molecule has 0 bridgehead atoms. The first-order valence-electron chi connectivity index (χ1n) is 13.0. The lowest BCUT2D eigenvalue weighted by Crippen LogP contribution is -2.51. The zero-order chi connectivity index (χ0) is 26.8. The summed E-state index contributed by atoms with van der Waals surface area (Å²) in [5, 5.41) is 0. The third-order valence-electron chi connectivity index (χ3n) is 7.11. The fraction of sp³-hybridized carbons (Fsp3) is 0.500. The minimum absolute atomic E-state index is 0.0510. The molecule has 1 atom stereocenters. The minimum atomic E-state index is -3.08. The quantitative estimate of drug-likeness (QED) is 0.321. The molecule has 3 heterocycles. The van der Waals surface area contributed by atoms with E-state index in [2.05, 4.69) is 23.7 Å². The van der Waals surface area contributed by atoms with Crippen molar-refractivity contribution in [2.75, 3.05) is 33.5 Å². The van der Waals surface area contributed by atoms with Crippen LogP contribution < -0.4 is 14.2 Å². The Morgan fingerprint density at radius 1 is 1.21 bits per heavy atom. The summed E-state index contributed by atoms with van der Waals surface area (Å²) in [6.07, 6.45) is 5.68. The molecular formula is C28H33F2N3O5. The van der Waals surface area contributed by atoms with Crippen molar-refractivity contribution in [1.29, 1.82) is 0 Å². The standard InChI is InChI=1S/C28H33F2N3O5/c1-17(2)32-8-9-36-15-20(32)16-37-21-6-7-33-22(14-31-26(33)13-21)19-11-24(35-3)27(23(34)10-18-4-5-18)25(12-19)38-28(29)30/h6-7,11-14,17-18,20,28H,4-5,8-10,15-16H2,1-3H3. The molecule has 38 heavy (non-hydrogen) atoms. The number of fused-ring (bicyclic) bond motifs is 1. The van der Waals surface area contributed by atoms with E-state index in [9.17, 15) is 13.6 Å². The number of nitrogens with zero attached hydrogens (tertiary/aromatic N) is 3. The van der Waals surface area contributed by atoms with E-state index in [0.29, 0.717) is 47.8 Å². The smallest absolute Gasteiger partial charge is 0.387 e. The van der Waals surface area contributed by atoms with Gasteiger partial charge >= 0.3 is 6.61 Å². The first-order chi connectivity index (χ1) is 18.3. The Labute approximate surface area is 220 Å². The summed E-state index contributed by atoms with van der Waals surface area (Å²) in [7, 11) is 1.41. The minimum Gasteiger partial charge on any atom is -0.496 e. The average Bonchev–Trinajstić information content (AvgIpc) is 3.61. The van der Waals surface area contributed by atoms with E-state index in [0.717, 1.165) is 26.0 Å². The molecule has 3 aromatic rings. The van der Waals surface area contributed by atoms with Crippen LogP contribution in [0.25, 0.3) is 16.9 Å². The number of imidazole rings is 1. The molecule has 10 heteroatoms. The summed E-state index contributed by atoms with van der Waals surface area (Å²) in [5.41, 5.74) is 1.85. The maximum absolute atomic E-state index is 13.3. The number of ketones is 1. The van der Waals surface area contributed by atoms with Gasteiger partial charge in [-0.15, -0.1) is 0 Å². The molecular weight excluding hydrogens is 496 g/mol. The van der Waals surface area contributed by atoms with Crippen LogP contribution in [0, 0.1) is 5.92 Å². The number of hydrogen-bond donors (Lipinski definition) is 0. The van der Waals surface area contributed by atoms with Crippen LogP contribution in [0.5, 0.6) is 17.2 Å². The number of carbonyl (C=O) groups is 1. The Balaban J connectivity index is 1.41. The van der Waals surface area contributed by atoms with Gasteiger partial charge < -0.3 is 18.9 Å². The van der Waals surface area contributed by atoms with Crippen molar-refractivity contribution in [1.82, 2.24) is 14.3 Å². The molecule has 1 unspecified atom stereocenters. The molecule has 1 aromatic carbocycles. The Bertz CT molecular complexity index is 1290. The van der Waals surface area contributed by atoms with Gasteiger partial charge in [0.25, 0.3) is 0 Å².